The Balaban J connectivity index is 1.69. The van der Waals surface area contributed by atoms with Crippen LogP contribution in [0.3, 0.4) is 0 Å². The van der Waals surface area contributed by atoms with Gasteiger partial charge in [-0.05, 0) is 49.1 Å². The van der Waals surface area contributed by atoms with Crippen LogP contribution in [0, 0.1) is 0 Å². The normalized spacial score (nSPS) is 18.6. The predicted molar refractivity (Wildman–Crippen MR) is 128 cm³/mol. The number of carbonyl (C=O) groups excluding carboxylic acids is 1. The van der Waals surface area contributed by atoms with Gasteiger partial charge in [0.05, 0.1) is 35.6 Å². The number of ether oxygens (including phenoxy) is 2. The van der Waals surface area contributed by atoms with Crippen LogP contribution in [-0.2, 0) is 34.7 Å². The Bertz CT molecular complexity index is 1350. The van der Waals surface area contributed by atoms with Crippen LogP contribution in [0.5, 0.6) is 5.75 Å². The summed E-state index contributed by atoms with van der Waals surface area (Å²) >= 11 is 3.42. The molecule has 8 heteroatoms. The maximum atomic E-state index is 13.4. The number of rotatable bonds is 6. The molecule has 0 unspecified atom stereocenters. The molecule has 0 bridgehead atoms. The lowest BCUT2D eigenvalue weighted by molar-refractivity contribution is -0.172. The maximum absolute atomic E-state index is 13.4. The second kappa shape index (κ2) is 8.25. The number of cyclic esters (lactones) is 1. The van der Waals surface area contributed by atoms with E-state index in [-0.39, 0.29) is 18.6 Å². The van der Waals surface area contributed by atoms with E-state index in [1.54, 1.807) is 17.6 Å². The van der Waals surface area contributed by atoms with Crippen LogP contribution in [0.15, 0.2) is 29.1 Å². The monoisotopic (exact) mass is 512 g/mol. The fourth-order valence-electron chi connectivity index (χ4n) is 4.88. The van der Waals surface area contributed by atoms with Gasteiger partial charge in [0.25, 0.3) is 5.56 Å². The number of aliphatic hydroxyl groups is 1. The zero-order valence-corrected chi connectivity index (χ0v) is 20.2. The van der Waals surface area contributed by atoms with Gasteiger partial charge in [0.2, 0.25) is 0 Å². The van der Waals surface area contributed by atoms with E-state index in [0.717, 1.165) is 51.6 Å². The lowest BCUT2D eigenvalue weighted by atomic mass is 9.86. The number of hydrogen-bond acceptors (Lipinski definition) is 6. The van der Waals surface area contributed by atoms with Gasteiger partial charge in [-0.2, -0.15) is 0 Å². The third kappa shape index (κ3) is 3.30. The second-order valence-corrected chi connectivity index (χ2v) is 9.24. The number of aryl methyl sites for hydroxylation is 1. The maximum Gasteiger partial charge on any atom is 0.343 e. The fraction of sp³-hybridized carbons (Fsp3) is 0.400. The molecular formula is C25H25BrN2O5. The third-order valence-corrected chi connectivity index (χ3v) is 7.24. The van der Waals surface area contributed by atoms with Crippen LogP contribution in [0.1, 0.15) is 48.9 Å². The molecule has 1 N–H and O–H groups in total. The van der Waals surface area contributed by atoms with E-state index < -0.39 is 11.6 Å². The lowest BCUT2D eigenvalue weighted by Crippen LogP contribution is -2.44. The van der Waals surface area contributed by atoms with Gasteiger partial charge in [-0.1, -0.05) is 29.8 Å². The molecule has 0 spiro atoms. The number of benzene rings is 1. The number of pyridine rings is 2. The molecule has 172 valence electrons. The van der Waals surface area contributed by atoms with Gasteiger partial charge < -0.3 is 19.1 Å². The molecule has 0 aliphatic carbocycles. The Labute approximate surface area is 199 Å². The van der Waals surface area contributed by atoms with Gasteiger partial charge in [-0.15, -0.1) is 0 Å². The topological polar surface area (TPSA) is 90.6 Å². The van der Waals surface area contributed by atoms with Gasteiger partial charge in [-0.3, -0.25) is 4.79 Å². The number of halogens is 1. The van der Waals surface area contributed by atoms with E-state index in [9.17, 15) is 14.7 Å². The van der Waals surface area contributed by atoms with Crippen molar-refractivity contribution in [2.45, 2.75) is 51.9 Å². The number of fused-ring (bicyclic) bond motifs is 5. The van der Waals surface area contributed by atoms with Crippen molar-refractivity contribution in [1.29, 1.82) is 0 Å². The van der Waals surface area contributed by atoms with Crippen molar-refractivity contribution in [3.05, 3.63) is 56.9 Å². The first-order chi connectivity index (χ1) is 15.9. The fourth-order valence-corrected chi connectivity index (χ4v) is 5.11. The molecule has 2 aliphatic heterocycles. The van der Waals surface area contributed by atoms with Crippen molar-refractivity contribution in [1.82, 2.24) is 9.55 Å². The van der Waals surface area contributed by atoms with E-state index in [2.05, 4.69) is 22.9 Å². The Hall–Kier alpha value is -2.71. The summed E-state index contributed by atoms with van der Waals surface area (Å²) in [6.45, 7) is 4.69. The molecule has 33 heavy (non-hydrogen) atoms. The highest BCUT2D eigenvalue weighted by molar-refractivity contribution is 9.09. The highest BCUT2D eigenvalue weighted by Gasteiger charge is 2.45. The van der Waals surface area contributed by atoms with Crippen LogP contribution in [0.4, 0.5) is 0 Å². The zero-order chi connectivity index (χ0) is 23.3. The highest BCUT2D eigenvalue weighted by Crippen LogP contribution is 2.40. The van der Waals surface area contributed by atoms with Crippen molar-refractivity contribution in [2.24, 2.45) is 0 Å². The van der Waals surface area contributed by atoms with Gasteiger partial charge in [0.15, 0.2) is 5.60 Å². The van der Waals surface area contributed by atoms with Gasteiger partial charge >= 0.3 is 5.97 Å². The number of esters is 1. The number of hydrogen-bond donors (Lipinski definition) is 1. The summed E-state index contributed by atoms with van der Waals surface area (Å²) in [7, 11) is 0. The van der Waals surface area contributed by atoms with Crippen molar-refractivity contribution in [3.8, 4) is 17.1 Å². The molecule has 5 rings (SSSR count). The van der Waals surface area contributed by atoms with Crippen LogP contribution >= 0.6 is 15.9 Å². The van der Waals surface area contributed by atoms with Crippen molar-refractivity contribution >= 4 is 32.8 Å². The quantitative estimate of drug-likeness (QED) is 0.240. The van der Waals surface area contributed by atoms with Gasteiger partial charge in [0, 0.05) is 21.8 Å². The molecule has 3 aromatic rings. The Morgan fingerprint density at radius 3 is 2.79 bits per heavy atom. The molecule has 1 atom stereocenters. The Morgan fingerprint density at radius 2 is 2.06 bits per heavy atom. The predicted octanol–water partition coefficient (Wildman–Crippen LogP) is 3.81. The summed E-state index contributed by atoms with van der Waals surface area (Å²) in [4.78, 5) is 30.6. The first kappa shape index (κ1) is 22.1. The first-order valence-electron chi connectivity index (χ1n) is 11.2. The SMILES string of the molecule is CCc1c2c(nc3ccc(OCCCBr)cc13)-c1cc3c(c(=O)n1C2)COC(=O)[C@]3(O)CC. The summed E-state index contributed by atoms with van der Waals surface area (Å²) in [5.41, 5.74) is 2.90. The van der Waals surface area contributed by atoms with E-state index in [4.69, 9.17) is 14.5 Å². The van der Waals surface area contributed by atoms with Crippen LogP contribution in [0.2, 0.25) is 0 Å². The highest BCUT2D eigenvalue weighted by atomic mass is 79.9. The lowest BCUT2D eigenvalue weighted by Gasteiger charge is -2.31. The van der Waals surface area contributed by atoms with E-state index in [1.807, 2.05) is 18.2 Å². The number of aromatic nitrogens is 2. The molecule has 4 heterocycles. The zero-order valence-electron chi connectivity index (χ0n) is 18.6. The van der Waals surface area contributed by atoms with Crippen LogP contribution < -0.4 is 10.3 Å². The first-order valence-corrected chi connectivity index (χ1v) is 12.4. The minimum absolute atomic E-state index is 0.123. The summed E-state index contributed by atoms with van der Waals surface area (Å²) in [6.07, 6.45) is 1.81. The van der Waals surface area contributed by atoms with E-state index >= 15 is 0 Å². The number of alkyl halides is 1. The van der Waals surface area contributed by atoms with Crippen LogP contribution in [0.25, 0.3) is 22.3 Å². The minimum atomic E-state index is -1.82. The smallest absolute Gasteiger partial charge is 0.343 e. The van der Waals surface area contributed by atoms with Gasteiger partial charge in [0.1, 0.15) is 12.4 Å². The number of nitrogens with zero attached hydrogens (tertiary/aromatic N) is 2. The molecule has 1 aromatic carbocycles. The second-order valence-electron chi connectivity index (χ2n) is 8.44. The van der Waals surface area contributed by atoms with E-state index in [1.165, 1.54) is 0 Å². The third-order valence-electron chi connectivity index (χ3n) is 6.68. The largest absolute Gasteiger partial charge is 0.494 e. The van der Waals surface area contributed by atoms with Gasteiger partial charge in [-0.25, -0.2) is 9.78 Å². The summed E-state index contributed by atoms with van der Waals surface area (Å²) in [6, 6.07) is 7.63. The molecular weight excluding hydrogens is 488 g/mol. The molecule has 2 aliphatic rings. The molecule has 0 radical (unpaired) electrons. The molecule has 2 aromatic heterocycles. The summed E-state index contributed by atoms with van der Waals surface area (Å²) in [5.74, 6) is 0.0833. The summed E-state index contributed by atoms with van der Waals surface area (Å²) < 4.78 is 12.7. The van der Waals surface area contributed by atoms with Crippen molar-refractivity contribution in [2.75, 3.05) is 11.9 Å². The Morgan fingerprint density at radius 1 is 1.24 bits per heavy atom. The molecule has 0 amide bonds. The average Bonchev–Trinajstić information content (AvgIpc) is 3.19. The standard InChI is InChI=1S/C25H25BrN2O5/c1-3-15-16-10-14(32-9-5-8-26)6-7-20(16)27-22-17(15)12-28-21(22)11-19-18(23(28)29)13-33-24(30)25(19,31)4-2/h6-7,10-11,31H,3-5,8-9,12-13H2,1-2H3/t25-/m0/s1. The minimum Gasteiger partial charge on any atom is -0.494 e. The molecule has 0 saturated heterocycles. The molecule has 7 nitrogen and oxygen atoms in total. The summed E-state index contributed by atoms with van der Waals surface area (Å²) in [5, 5.41) is 12.9. The molecule has 0 saturated carbocycles. The molecule has 0 fully saturated rings. The number of carbonyl (C=O) groups is 1. The Kier molecular flexibility index (Phi) is 5.53. The van der Waals surface area contributed by atoms with Crippen molar-refractivity contribution in [3.63, 3.8) is 0 Å². The van der Waals surface area contributed by atoms with Crippen LogP contribution in [-0.4, -0.2) is 32.6 Å². The van der Waals surface area contributed by atoms with Crippen molar-refractivity contribution < 1.29 is 19.4 Å². The van der Waals surface area contributed by atoms with E-state index in [0.29, 0.717) is 30.0 Å². The average molecular weight is 513 g/mol.